The first-order chi connectivity index (χ1) is 6.97. The number of aromatic nitrogens is 1. The van der Waals surface area contributed by atoms with Crippen LogP contribution in [0.1, 0.15) is 22.3 Å². The highest BCUT2D eigenvalue weighted by Gasteiger charge is 2.21. The Bertz CT molecular complexity index is 398. The molecule has 0 saturated heterocycles. The van der Waals surface area contributed by atoms with Gasteiger partial charge in [-0.15, -0.1) is 0 Å². The lowest BCUT2D eigenvalue weighted by Crippen LogP contribution is -2.04. The minimum Gasteiger partial charge on any atom is -0.481 e. The average molecular weight is 238 g/mol. The summed E-state index contributed by atoms with van der Waals surface area (Å²) in [5.41, 5.74) is -1.08. The van der Waals surface area contributed by atoms with E-state index in [2.05, 4.69) is 9.72 Å². The van der Waals surface area contributed by atoms with Crippen molar-refractivity contribution in [2.24, 2.45) is 0 Å². The van der Waals surface area contributed by atoms with E-state index in [0.717, 1.165) is 13.2 Å². The maximum atomic E-state index is 12.4. The van der Waals surface area contributed by atoms with Crippen LogP contribution in [0, 0.1) is 0 Å². The van der Waals surface area contributed by atoms with Crippen LogP contribution < -0.4 is 4.74 Å². The number of carbonyl (C=O) groups is 1. The lowest BCUT2D eigenvalue weighted by atomic mass is 10.2. The van der Waals surface area contributed by atoms with E-state index >= 15 is 0 Å². The first-order valence-electron chi connectivity index (χ1n) is 3.73. The number of hydrogen-bond donors (Lipinski definition) is 1. The summed E-state index contributed by atoms with van der Waals surface area (Å²) in [5.74, 6) is -1.79. The van der Waals surface area contributed by atoms with Crippen molar-refractivity contribution in [3.63, 3.8) is 0 Å². The lowest BCUT2D eigenvalue weighted by Gasteiger charge is -2.08. The van der Waals surface area contributed by atoms with E-state index in [1.54, 1.807) is 0 Å². The van der Waals surface area contributed by atoms with Crippen molar-refractivity contribution in [1.82, 2.24) is 4.98 Å². The Balaban J connectivity index is 3.37. The van der Waals surface area contributed by atoms with E-state index in [4.69, 9.17) is 16.7 Å². The number of methoxy groups -OCH3 is 1. The lowest BCUT2D eigenvalue weighted by molar-refractivity contribution is 0.0696. The summed E-state index contributed by atoms with van der Waals surface area (Å²) >= 11 is 5.46. The van der Waals surface area contributed by atoms with Crippen molar-refractivity contribution in [2.75, 3.05) is 7.11 Å². The third-order valence-electron chi connectivity index (χ3n) is 1.63. The largest absolute Gasteiger partial charge is 0.481 e. The van der Waals surface area contributed by atoms with Crippen LogP contribution >= 0.6 is 11.6 Å². The molecule has 0 atom stereocenters. The molecule has 1 aromatic heterocycles. The minimum absolute atomic E-state index is 0.375. The Morgan fingerprint density at radius 2 is 2.27 bits per heavy atom. The zero-order chi connectivity index (χ0) is 11.6. The normalized spacial score (nSPS) is 10.5. The SMILES string of the molecule is COc1nc(Cl)c(C(=O)O)cc1C(F)F. The number of nitrogens with zero attached hydrogens (tertiary/aromatic N) is 1. The molecule has 1 heterocycles. The highest BCUT2D eigenvalue weighted by atomic mass is 35.5. The number of carboxylic acids is 1. The van der Waals surface area contributed by atoms with Crippen molar-refractivity contribution in [3.8, 4) is 5.88 Å². The van der Waals surface area contributed by atoms with Gasteiger partial charge in [-0.25, -0.2) is 18.6 Å². The molecule has 0 amide bonds. The highest BCUT2D eigenvalue weighted by Crippen LogP contribution is 2.30. The summed E-state index contributed by atoms with van der Waals surface area (Å²) in [6.07, 6.45) is -2.87. The molecule has 0 aliphatic carbocycles. The number of rotatable bonds is 3. The van der Waals surface area contributed by atoms with Crippen LogP contribution in [0.5, 0.6) is 5.88 Å². The molecule has 15 heavy (non-hydrogen) atoms. The highest BCUT2D eigenvalue weighted by molar-refractivity contribution is 6.32. The third-order valence-corrected chi connectivity index (χ3v) is 1.92. The van der Waals surface area contributed by atoms with Gasteiger partial charge in [0.05, 0.1) is 18.2 Å². The molecule has 0 spiro atoms. The Hall–Kier alpha value is -1.43. The van der Waals surface area contributed by atoms with E-state index < -0.39 is 23.5 Å². The molecule has 1 N–H and O–H groups in total. The van der Waals surface area contributed by atoms with Crippen LogP contribution in [0.4, 0.5) is 8.78 Å². The van der Waals surface area contributed by atoms with Crippen molar-refractivity contribution in [3.05, 3.63) is 22.3 Å². The fraction of sp³-hybridized carbons (Fsp3) is 0.250. The molecular weight excluding hydrogens is 232 g/mol. The number of hydrogen-bond acceptors (Lipinski definition) is 3. The Labute approximate surface area is 88.4 Å². The smallest absolute Gasteiger partial charge is 0.338 e. The molecular formula is C8H6ClF2NO3. The van der Waals surface area contributed by atoms with E-state index in [-0.39, 0.29) is 11.0 Å². The maximum Gasteiger partial charge on any atom is 0.338 e. The summed E-state index contributed by atoms with van der Waals surface area (Å²) in [5, 5.41) is 8.24. The zero-order valence-corrected chi connectivity index (χ0v) is 8.26. The maximum absolute atomic E-state index is 12.4. The number of pyridine rings is 1. The second kappa shape index (κ2) is 4.39. The van der Waals surface area contributed by atoms with E-state index in [1.807, 2.05) is 0 Å². The van der Waals surface area contributed by atoms with Gasteiger partial charge in [-0.1, -0.05) is 11.6 Å². The number of aromatic carboxylic acids is 1. The number of halogens is 3. The second-order valence-electron chi connectivity index (χ2n) is 2.53. The van der Waals surface area contributed by atoms with Gasteiger partial charge in [-0.2, -0.15) is 0 Å². The second-order valence-corrected chi connectivity index (χ2v) is 2.89. The van der Waals surface area contributed by atoms with Crippen molar-refractivity contribution < 1.29 is 23.4 Å². The fourth-order valence-electron chi connectivity index (χ4n) is 0.961. The van der Waals surface area contributed by atoms with E-state index in [0.29, 0.717) is 0 Å². The standard InChI is InChI=1S/C8H6ClF2NO3/c1-15-7-4(6(10)11)2-3(8(13)14)5(9)12-7/h2,6H,1H3,(H,13,14). The zero-order valence-electron chi connectivity index (χ0n) is 7.50. The van der Waals surface area contributed by atoms with Gasteiger partial charge < -0.3 is 9.84 Å². The molecule has 0 aliphatic rings. The van der Waals surface area contributed by atoms with Gasteiger partial charge in [0.2, 0.25) is 5.88 Å². The summed E-state index contributed by atoms with van der Waals surface area (Å²) in [6.45, 7) is 0. The summed E-state index contributed by atoms with van der Waals surface area (Å²) < 4.78 is 29.4. The third kappa shape index (κ3) is 2.33. The van der Waals surface area contributed by atoms with Crippen LogP contribution in [0.25, 0.3) is 0 Å². The Morgan fingerprint density at radius 3 is 2.67 bits per heavy atom. The van der Waals surface area contributed by atoms with E-state index in [9.17, 15) is 13.6 Å². The average Bonchev–Trinajstić information content (AvgIpc) is 2.16. The van der Waals surface area contributed by atoms with E-state index in [1.165, 1.54) is 0 Å². The summed E-state index contributed by atoms with van der Waals surface area (Å²) in [6, 6.07) is 0.751. The van der Waals surface area contributed by atoms with Gasteiger partial charge in [0.15, 0.2) is 0 Å². The number of ether oxygens (including phenoxy) is 1. The van der Waals surface area contributed by atoms with Crippen molar-refractivity contribution >= 4 is 17.6 Å². The van der Waals surface area contributed by atoms with Crippen LogP contribution in [0.15, 0.2) is 6.07 Å². The van der Waals surface area contributed by atoms with Crippen LogP contribution in [0.3, 0.4) is 0 Å². The summed E-state index contributed by atoms with van der Waals surface area (Å²) in [7, 11) is 1.14. The van der Waals surface area contributed by atoms with Gasteiger partial charge >= 0.3 is 5.97 Å². The van der Waals surface area contributed by atoms with Crippen molar-refractivity contribution in [1.29, 1.82) is 0 Å². The fourth-order valence-corrected chi connectivity index (χ4v) is 1.17. The molecule has 0 fully saturated rings. The summed E-state index contributed by atoms with van der Waals surface area (Å²) in [4.78, 5) is 14.0. The predicted molar refractivity (Wildman–Crippen MR) is 47.7 cm³/mol. The topological polar surface area (TPSA) is 59.4 Å². The first kappa shape index (κ1) is 11.6. The van der Waals surface area contributed by atoms with Gasteiger partial charge in [0.1, 0.15) is 5.15 Å². The minimum atomic E-state index is -2.87. The van der Waals surface area contributed by atoms with Crippen LogP contribution in [-0.2, 0) is 0 Å². The molecule has 0 aliphatic heterocycles. The molecule has 7 heteroatoms. The molecule has 0 saturated carbocycles. The van der Waals surface area contributed by atoms with Gasteiger partial charge in [-0.3, -0.25) is 0 Å². The molecule has 0 bridgehead atoms. The van der Waals surface area contributed by atoms with Crippen molar-refractivity contribution in [2.45, 2.75) is 6.43 Å². The molecule has 0 radical (unpaired) electrons. The first-order valence-corrected chi connectivity index (χ1v) is 4.11. The molecule has 4 nitrogen and oxygen atoms in total. The quantitative estimate of drug-likeness (QED) is 0.820. The Kier molecular flexibility index (Phi) is 3.41. The van der Waals surface area contributed by atoms with Crippen LogP contribution in [0.2, 0.25) is 5.15 Å². The molecule has 0 aromatic carbocycles. The number of carboxylic acid groups (broad SMARTS) is 1. The number of alkyl halides is 2. The van der Waals surface area contributed by atoms with Crippen LogP contribution in [-0.4, -0.2) is 23.2 Å². The predicted octanol–water partition coefficient (Wildman–Crippen LogP) is 2.38. The molecule has 0 unspecified atom stereocenters. The van der Waals surface area contributed by atoms with Gasteiger partial charge in [0, 0.05) is 0 Å². The molecule has 82 valence electrons. The molecule has 1 rings (SSSR count). The monoisotopic (exact) mass is 237 g/mol. The Morgan fingerprint density at radius 1 is 1.67 bits per heavy atom. The van der Waals surface area contributed by atoms with Gasteiger partial charge in [0.25, 0.3) is 6.43 Å². The van der Waals surface area contributed by atoms with Gasteiger partial charge in [-0.05, 0) is 6.07 Å². The molecule has 1 aromatic rings.